The molecule has 0 heterocycles. The summed E-state index contributed by atoms with van der Waals surface area (Å²) in [6.07, 6.45) is 41.3. The van der Waals surface area contributed by atoms with Crippen LogP contribution < -0.4 is 0 Å². The van der Waals surface area contributed by atoms with Gasteiger partial charge < -0.3 is 14.6 Å². The van der Waals surface area contributed by atoms with Gasteiger partial charge in [-0.25, -0.2) is 0 Å². The number of allylic oxidation sites excluding steroid dienone is 2. The monoisotopic (exact) mass is 637 g/mol. The Morgan fingerprint density at radius 3 is 1.20 bits per heavy atom. The smallest absolute Gasteiger partial charge is 0.306 e. The van der Waals surface area contributed by atoms with Crippen LogP contribution >= 0.6 is 0 Å². The van der Waals surface area contributed by atoms with Gasteiger partial charge in [0, 0.05) is 12.8 Å². The van der Waals surface area contributed by atoms with Crippen LogP contribution in [0.1, 0.15) is 213 Å². The fourth-order valence-electron chi connectivity index (χ4n) is 5.78. The van der Waals surface area contributed by atoms with Crippen LogP contribution in [0.4, 0.5) is 0 Å². The number of esters is 2. The van der Waals surface area contributed by atoms with Gasteiger partial charge in [-0.15, -0.1) is 0 Å². The van der Waals surface area contributed by atoms with Crippen molar-refractivity contribution in [1.82, 2.24) is 0 Å². The summed E-state index contributed by atoms with van der Waals surface area (Å²) in [5.74, 6) is -0.584. The second-order valence-corrected chi connectivity index (χ2v) is 13.4. The van der Waals surface area contributed by atoms with E-state index >= 15 is 0 Å². The average molecular weight is 637 g/mol. The normalized spacial score (nSPS) is 12.2. The van der Waals surface area contributed by atoms with Crippen molar-refractivity contribution in [3.05, 3.63) is 12.2 Å². The molecule has 266 valence electrons. The lowest BCUT2D eigenvalue weighted by Crippen LogP contribution is -2.28. The standard InChI is InChI=1S/C40H76O5/c1-3-5-7-9-11-13-15-17-18-19-20-21-22-23-25-27-29-31-33-35-40(43)45-38(36-41)37-44-39(42)34-32-30-28-26-24-16-14-12-10-8-6-4-2/h17-18,38,41H,3-16,19-37H2,1-2H3. The van der Waals surface area contributed by atoms with Gasteiger partial charge in [0.25, 0.3) is 0 Å². The van der Waals surface area contributed by atoms with E-state index in [1.54, 1.807) is 0 Å². The number of carbonyl (C=O) groups excluding carboxylic acids is 2. The molecule has 0 spiro atoms. The maximum atomic E-state index is 12.2. The Morgan fingerprint density at radius 2 is 0.822 bits per heavy atom. The van der Waals surface area contributed by atoms with Gasteiger partial charge in [0.15, 0.2) is 6.10 Å². The molecule has 0 fully saturated rings. The molecule has 0 aliphatic heterocycles. The first-order valence-electron chi connectivity index (χ1n) is 19.7. The highest BCUT2D eigenvalue weighted by Gasteiger charge is 2.16. The number of carbonyl (C=O) groups is 2. The summed E-state index contributed by atoms with van der Waals surface area (Å²) in [5, 5.41) is 9.54. The first kappa shape index (κ1) is 43.6. The van der Waals surface area contributed by atoms with Crippen molar-refractivity contribution in [1.29, 1.82) is 0 Å². The molecule has 0 radical (unpaired) electrons. The summed E-state index contributed by atoms with van der Waals surface area (Å²) in [6.45, 7) is 4.14. The van der Waals surface area contributed by atoms with Crippen LogP contribution in [0.2, 0.25) is 0 Å². The van der Waals surface area contributed by atoms with Gasteiger partial charge in [-0.2, -0.15) is 0 Å². The Morgan fingerprint density at radius 1 is 0.489 bits per heavy atom. The van der Waals surface area contributed by atoms with Gasteiger partial charge in [-0.3, -0.25) is 9.59 Å². The Labute approximate surface area is 280 Å². The van der Waals surface area contributed by atoms with Crippen molar-refractivity contribution in [3.63, 3.8) is 0 Å². The van der Waals surface area contributed by atoms with E-state index in [1.165, 1.54) is 148 Å². The van der Waals surface area contributed by atoms with E-state index < -0.39 is 6.10 Å². The number of unbranched alkanes of at least 4 members (excludes halogenated alkanes) is 26. The van der Waals surface area contributed by atoms with E-state index in [1.807, 2.05) is 0 Å². The summed E-state index contributed by atoms with van der Waals surface area (Å²) < 4.78 is 10.6. The van der Waals surface area contributed by atoms with Crippen molar-refractivity contribution in [2.45, 2.75) is 219 Å². The minimum atomic E-state index is -0.765. The van der Waals surface area contributed by atoms with Crippen molar-refractivity contribution < 1.29 is 24.2 Å². The molecule has 1 atom stereocenters. The third-order valence-corrected chi connectivity index (χ3v) is 8.81. The molecule has 1 unspecified atom stereocenters. The van der Waals surface area contributed by atoms with E-state index in [-0.39, 0.29) is 25.2 Å². The van der Waals surface area contributed by atoms with Gasteiger partial charge in [0.1, 0.15) is 6.61 Å². The fourth-order valence-corrected chi connectivity index (χ4v) is 5.78. The average Bonchev–Trinajstić information content (AvgIpc) is 3.04. The van der Waals surface area contributed by atoms with Crippen LogP contribution in [0.5, 0.6) is 0 Å². The summed E-state index contributed by atoms with van der Waals surface area (Å²) in [7, 11) is 0. The molecule has 0 aliphatic carbocycles. The van der Waals surface area contributed by atoms with Gasteiger partial charge >= 0.3 is 11.9 Å². The Hall–Kier alpha value is -1.36. The number of hydrogen-bond donors (Lipinski definition) is 1. The predicted octanol–water partition coefficient (Wildman–Crippen LogP) is 12.1. The number of aliphatic hydroxyl groups is 1. The molecule has 0 amide bonds. The predicted molar refractivity (Wildman–Crippen MR) is 192 cm³/mol. The van der Waals surface area contributed by atoms with Crippen molar-refractivity contribution in [3.8, 4) is 0 Å². The zero-order valence-corrected chi connectivity index (χ0v) is 30.1. The Balaban J connectivity index is 3.51. The highest BCUT2D eigenvalue weighted by atomic mass is 16.6. The first-order chi connectivity index (χ1) is 22.1. The molecule has 0 saturated carbocycles. The lowest BCUT2D eigenvalue weighted by Gasteiger charge is -2.15. The lowest BCUT2D eigenvalue weighted by atomic mass is 10.0. The van der Waals surface area contributed by atoms with Crippen LogP contribution in [0, 0.1) is 0 Å². The molecular formula is C40H76O5. The zero-order chi connectivity index (χ0) is 32.9. The number of rotatable bonds is 36. The number of hydrogen-bond acceptors (Lipinski definition) is 5. The van der Waals surface area contributed by atoms with Crippen LogP contribution in [-0.4, -0.2) is 36.4 Å². The van der Waals surface area contributed by atoms with E-state index in [4.69, 9.17) is 9.47 Å². The second-order valence-electron chi connectivity index (χ2n) is 13.4. The van der Waals surface area contributed by atoms with Crippen molar-refractivity contribution in [2.75, 3.05) is 13.2 Å². The highest BCUT2D eigenvalue weighted by Crippen LogP contribution is 2.14. The lowest BCUT2D eigenvalue weighted by molar-refractivity contribution is -0.161. The molecule has 1 N–H and O–H groups in total. The van der Waals surface area contributed by atoms with E-state index in [0.717, 1.165) is 38.5 Å². The third-order valence-electron chi connectivity index (χ3n) is 8.81. The highest BCUT2D eigenvalue weighted by molar-refractivity contribution is 5.70. The number of aliphatic hydroxyl groups excluding tert-OH is 1. The first-order valence-corrected chi connectivity index (χ1v) is 19.7. The zero-order valence-electron chi connectivity index (χ0n) is 30.1. The molecule has 0 rings (SSSR count). The van der Waals surface area contributed by atoms with Gasteiger partial charge in [0.2, 0.25) is 0 Å². The molecule has 0 bridgehead atoms. The summed E-state index contributed by atoms with van der Waals surface area (Å²) in [6, 6.07) is 0. The van der Waals surface area contributed by atoms with Crippen LogP contribution in [0.3, 0.4) is 0 Å². The molecule has 0 saturated heterocycles. The molecule has 45 heavy (non-hydrogen) atoms. The van der Waals surface area contributed by atoms with E-state index in [9.17, 15) is 14.7 Å². The van der Waals surface area contributed by atoms with Crippen LogP contribution in [0.15, 0.2) is 12.2 Å². The molecule has 0 aliphatic rings. The maximum absolute atomic E-state index is 12.2. The summed E-state index contributed by atoms with van der Waals surface area (Å²) >= 11 is 0. The van der Waals surface area contributed by atoms with Crippen LogP contribution in [-0.2, 0) is 19.1 Å². The molecule has 0 aromatic carbocycles. The van der Waals surface area contributed by atoms with Gasteiger partial charge in [0.05, 0.1) is 6.61 Å². The SMILES string of the molecule is CCCCCCCCC=CCCCCCCCCCCCC(=O)OC(CO)COC(=O)CCCCCCCCCCCCCC. The second kappa shape index (κ2) is 37.1. The topological polar surface area (TPSA) is 72.8 Å². The maximum Gasteiger partial charge on any atom is 0.306 e. The molecule has 0 aromatic rings. The van der Waals surface area contributed by atoms with E-state index in [2.05, 4.69) is 26.0 Å². The molecular weight excluding hydrogens is 560 g/mol. The van der Waals surface area contributed by atoms with Gasteiger partial charge in [-0.05, 0) is 38.5 Å². The molecule has 5 nitrogen and oxygen atoms in total. The Kier molecular flexibility index (Phi) is 36.0. The number of ether oxygens (including phenoxy) is 2. The summed E-state index contributed by atoms with van der Waals surface area (Å²) in [4.78, 5) is 24.2. The third kappa shape index (κ3) is 35.3. The fraction of sp³-hybridized carbons (Fsp3) is 0.900. The minimum absolute atomic E-state index is 0.0607. The quantitative estimate of drug-likeness (QED) is 0.0421. The Bertz CT molecular complexity index is 647. The van der Waals surface area contributed by atoms with Crippen LogP contribution in [0.25, 0.3) is 0 Å². The molecule has 5 heteroatoms. The van der Waals surface area contributed by atoms with E-state index in [0.29, 0.717) is 12.8 Å². The van der Waals surface area contributed by atoms with Crippen molar-refractivity contribution in [2.24, 2.45) is 0 Å². The largest absolute Gasteiger partial charge is 0.462 e. The summed E-state index contributed by atoms with van der Waals surface area (Å²) in [5.41, 5.74) is 0. The van der Waals surface area contributed by atoms with Crippen molar-refractivity contribution >= 4 is 11.9 Å². The molecule has 0 aromatic heterocycles. The minimum Gasteiger partial charge on any atom is -0.462 e. The van der Waals surface area contributed by atoms with Gasteiger partial charge in [-0.1, -0.05) is 174 Å².